The van der Waals surface area contributed by atoms with E-state index in [-0.39, 0.29) is 6.61 Å². The van der Waals surface area contributed by atoms with Crippen LogP contribution >= 0.6 is 0 Å². The SMILES string of the molecule is O=C(O)[C@@H](O)COc1ccccc1. The van der Waals surface area contributed by atoms with E-state index in [1.54, 1.807) is 24.3 Å². The Bertz CT molecular complexity index is 270. The Morgan fingerprint density at radius 1 is 1.38 bits per heavy atom. The molecule has 0 radical (unpaired) electrons. The number of benzene rings is 1. The second kappa shape index (κ2) is 4.47. The topological polar surface area (TPSA) is 66.8 Å². The van der Waals surface area contributed by atoms with E-state index >= 15 is 0 Å². The minimum absolute atomic E-state index is 0.237. The second-order valence-corrected chi connectivity index (χ2v) is 2.48. The van der Waals surface area contributed by atoms with E-state index in [0.29, 0.717) is 5.75 Å². The standard InChI is InChI=1S/C9H10O4/c10-8(9(11)12)6-13-7-4-2-1-3-5-7/h1-5,8,10H,6H2,(H,11,12)/t8-/m0/s1. The summed E-state index contributed by atoms with van der Waals surface area (Å²) in [6, 6.07) is 8.73. The number of ether oxygens (including phenoxy) is 1. The summed E-state index contributed by atoms with van der Waals surface area (Å²) in [5, 5.41) is 17.2. The first-order chi connectivity index (χ1) is 6.20. The van der Waals surface area contributed by atoms with Gasteiger partial charge in [0.05, 0.1) is 0 Å². The van der Waals surface area contributed by atoms with Gasteiger partial charge in [0.15, 0.2) is 6.10 Å². The summed E-state index contributed by atoms with van der Waals surface area (Å²) in [4.78, 5) is 10.2. The zero-order valence-corrected chi connectivity index (χ0v) is 6.88. The van der Waals surface area contributed by atoms with Gasteiger partial charge in [0.2, 0.25) is 0 Å². The lowest BCUT2D eigenvalue weighted by Crippen LogP contribution is -2.26. The van der Waals surface area contributed by atoms with Gasteiger partial charge in [0.25, 0.3) is 0 Å². The predicted molar refractivity (Wildman–Crippen MR) is 45.6 cm³/mol. The van der Waals surface area contributed by atoms with Crippen molar-refractivity contribution in [2.45, 2.75) is 6.10 Å². The molecule has 0 fully saturated rings. The molecule has 0 spiro atoms. The minimum atomic E-state index is -1.47. The van der Waals surface area contributed by atoms with Crippen molar-refractivity contribution in [2.75, 3.05) is 6.61 Å². The van der Waals surface area contributed by atoms with Gasteiger partial charge in [-0.2, -0.15) is 0 Å². The molecule has 13 heavy (non-hydrogen) atoms. The lowest BCUT2D eigenvalue weighted by molar-refractivity contribution is -0.148. The van der Waals surface area contributed by atoms with E-state index < -0.39 is 12.1 Å². The van der Waals surface area contributed by atoms with Crippen LogP contribution in [-0.4, -0.2) is 28.9 Å². The van der Waals surface area contributed by atoms with Gasteiger partial charge in [-0.25, -0.2) is 4.79 Å². The molecule has 0 aliphatic rings. The van der Waals surface area contributed by atoms with Gasteiger partial charge >= 0.3 is 5.97 Å². The average molecular weight is 182 g/mol. The smallest absolute Gasteiger partial charge is 0.336 e. The number of carboxylic acids is 1. The van der Waals surface area contributed by atoms with Crippen molar-refractivity contribution in [3.05, 3.63) is 30.3 Å². The molecule has 0 aromatic heterocycles. The number of carbonyl (C=O) groups is 1. The Labute approximate surface area is 75.4 Å². The molecule has 4 nitrogen and oxygen atoms in total. The van der Waals surface area contributed by atoms with Gasteiger partial charge in [-0.1, -0.05) is 18.2 Å². The molecule has 0 aliphatic heterocycles. The van der Waals surface area contributed by atoms with Crippen molar-refractivity contribution in [1.29, 1.82) is 0 Å². The Morgan fingerprint density at radius 3 is 2.54 bits per heavy atom. The molecule has 0 amide bonds. The fraction of sp³-hybridized carbons (Fsp3) is 0.222. The lowest BCUT2D eigenvalue weighted by Gasteiger charge is -2.07. The first-order valence-corrected chi connectivity index (χ1v) is 3.79. The third-order valence-corrected chi connectivity index (χ3v) is 1.44. The molecule has 0 bridgehead atoms. The number of hydrogen-bond donors (Lipinski definition) is 2. The Kier molecular flexibility index (Phi) is 3.28. The van der Waals surface area contributed by atoms with Crippen LogP contribution in [-0.2, 0) is 4.79 Å². The highest BCUT2D eigenvalue weighted by atomic mass is 16.5. The fourth-order valence-corrected chi connectivity index (χ4v) is 0.763. The van der Waals surface area contributed by atoms with E-state index in [1.165, 1.54) is 0 Å². The van der Waals surface area contributed by atoms with Crippen molar-refractivity contribution in [3.63, 3.8) is 0 Å². The molecule has 4 heteroatoms. The van der Waals surface area contributed by atoms with E-state index in [2.05, 4.69) is 0 Å². The number of para-hydroxylation sites is 1. The van der Waals surface area contributed by atoms with Gasteiger partial charge < -0.3 is 14.9 Å². The van der Waals surface area contributed by atoms with Crippen LogP contribution in [0.5, 0.6) is 5.75 Å². The number of rotatable bonds is 4. The maximum absolute atomic E-state index is 10.2. The molecule has 0 saturated carbocycles. The van der Waals surface area contributed by atoms with Crippen LogP contribution in [0.25, 0.3) is 0 Å². The molecule has 1 aromatic carbocycles. The van der Waals surface area contributed by atoms with Gasteiger partial charge in [-0.05, 0) is 12.1 Å². The van der Waals surface area contributed by atoms with Gasteiger partial charge in [0, 0.05) is 0 Å². The normalized spacial score (nSPS) is 12.1. The molecule has 1 atom stereocenters. The third-order valence-electron chi connectivity index (χ3n) is 1.44. The molecule has 0 heterocycles. The maximum atomic E-state index is 10.2. The van der Waals surface area contributed by atoms with Crippen molar-refractivity contribution >= 4 is 5.97 Å². The Balaban J connectivity index is 2.39. The molecular formula is C9H10O4. The summed E-state index contributed by atoms with van der Waals surface area (Å²) in [5.74, 6) is -0.737. The Morgan fingerprint density at radius 2 is 2.00 bits per heavy atom. The number of carboxylic acid groups (broad SMARTS) is 1. The third kappa shape index (κ3) is 3.13. The van der Waals surface area contributed by atoms with Crippen LogP contribution in [0.3, 0.4) is 0 Å². The summed E-state index contributed by atoms with van der Waals surface area (Å²) in [5.41, 5.74) is 0. The molecule has 0 unspecified atom stereocenters. The molecule has 0 saturated heterocycles. The van der Waals surface area contributed by atoms with Crippen molar-refractivity contribution in [3.8, 4) is 5.75 Å². The number of aliphatic hydroxyl groups excluding tert-OH is 1. The number of aliphatic carboxylic acids is 1. The molecular weight excluding hydrogens is 172 g/mol. The highest BCUT2D eigenvalue weighted by molar-refractivity contribution is 5.72. The molecule has 2 N–H and O–H groups in total. The molecule has 0 aliphatic carbocycles. The van der Waals surface area contributed by atoms with Gasteiger partial charge in [-0.3, -0.25) is 0 Å². The van der Waals surface area contributed by atoms with E-state index in [9.17, 15) is 4.79 Å². The van der Waals surface area contributed by atoms with Gasteiger partial charge in [0.1, 0.15) is 12.4 Å². The van der Waals surface area contributed by atoms with Crippen LogP contribution in [0, 0.1) is 0 Å². The van der Waals surface area contributed by atoms with Crippen LogP contribution in [0.1, 0.15) is 0 Å². The minimum Gasteiger partial charge on any atom is -0.490 e. The van der Waals surface area contributed by atoms with Crippen molar-refractivity contribution in [1.82, 2.24) is 0 Å². The van der Waals surface area contributed by atoms with Crippen LogP contribution < -0.4 is 4.74 Å². The summed E-state index contributed by atoms with van der Waals surface area (Å²) in [6.07, 6.45) is -1.47. The number of aliphatic hydroxyl groups is 1. The largest absolute Gasteiger partial charge is 0.490 e. The fourth-order valence-electron chi connectivity index (χ4n) is 0.763. The van der Waals surface area contributed by atoms with E-state index in [4.69, 9.17) is 14.9 Å². The van der Waals surface area contributed by atoms with Crippen LogP contribution in [0.15, 0.2) is 30.3 Å². The first kappa shape index (κ1) is 9.54. The average Bonchev–Trinajstić information content (AvgIpc) is 2.15. The van der Waals surface area contributed by atoms with E-state index in [1.807, 2.05) is 6.07 Å². The zero-order chi connectivity index (χ0) is 9.68. The summed E-state index contributed by atoms with van der Waals surface area (Å²) in [6.45, 7) is -0.237. The highest BCUT2D eigenvalue weighted by Gasteiger charge is 2.13. The monoisotopic (exact) mass is 182 g/mol. The summed E-state index contributed by atoms with van der Waals surface area (Å²) < 4.78 is 5.00. The van der Waals surface area contributed by atoms with Crippen molar-refractivity contribution in [2.24, 2.45) is 0 Å². The predicted octanol–water partition coefficient (Wildman–Crippen LogP) is 0.511. The molecule has 1 rings (SSSR count). The van der Waals surface area contributed by atoms with Gasteiger partial charge in [-0.15, -0.1) is 0 Å². The quantitative estimate of drug-likeness (QED) is 0.712. The second-order valence-electron chi connectivity index (χ2n) is 2.48. The van der Waals surface area contributed by atoms with Crippen LogP contribution in [0.2, 0.25) is 0 Å². The summed E-state index contributed by atoms with van der Waals surface area (Å²) in [7, 11) is 0. The first-order valence-electron chi connectivity index (χ1n) is 3.79. The molecule has 1 aromatic rings. The maximum Gasteiger partial charge on any atom is 0.336 e. The lowest BCUT2D eigenvalue weighted by atomic mass is 10.3. The molecule has 70 valence electrons. The highest BCUT2D eigenvalue weighted by Crippen LogP contribution is 2.08. The Hall–Kier alpha value is -1.55. The zero-order valence-electron chi connectivity index (χ0n) is 6.88. The van der Waals surface area contributed by atoms with Crippen LogP contribution in [0.4, 0.5) is 0 Å². The van der Waals surface area contributed by atoms with Crippen molar-refractivity contribution < 1.29 is 19.7 Å². The number of hydrogen-bond acceptors (Lipinski definition) is 3. The summed E-state index contributed by atoms with van der Waals surface area (Å²) >= 11 is 0. The van der Waals surface area contributed by atoms with E-state index in [0.717, 1.165) is 0 Å².